The fourth-order valence-electron chi connectivity index (χ4n) is 5.09. The summed E-state index contributed by atoms with van der Waals surface area (Å²) in [6, 6.07) is 7.97. The average molecular weight is 631 g/mol. The first-order chi connectivity index (χ1) is 20.8. The summed E-state index contributed by atoms with van der Waals surface area (Å²) in [4.78, 5) is 67.8. The van der Waals surface area contributed by atoms with Crippen LogP contribution in [-0.2, 0) is 30.3 Å². The van der Waals surface area contributed by atoms with Crippen LogP contribution in [0.1, 0.15) is 88.0 Å². The molecule has 0 aliphatic heterocycles. The van der Waals surface area contributed by atoms with Crippen LogP contribution < -0.4 is 10.6 Å². The molecule has 0 saturated heterocycles. The van der Waals surface area contributed by atoms with Crippen LogP contribution in [0.5, 0.6) is 0 Å². The summed E-state index contributed by atoms with van der Waals surface area (Å²) < 4.78 is 5.66. The number of carboxylic acid groups (broad SMARTS) is 1. The summed E-state index contributed by atoms with van der Waals surface area (Å²) in [5.41, 5.74) is 1.09. The predicted octanol–water partition coefficient (Wildman–Crippen LogP) is 4.23. The predicted molar refractivity (Wildman–Crippen MR) is 168 cm³/mol. The molecule has 1 aromatic carbocycles. The molecule has 1 aromatic heterocycles. The topological polar surface area (TPSA) is 155 Å². The molecule has 6 atom stereocenters. The van der Waals surface area contributed by atoms with Crippen molar-refractivity contribution in [1.29, 1.82) is 0 Å². The highest BCUT2D eigenvalue weighted by Crippen LogP contribution is 2.31. The number of nitrogens with one attached hydrogen (secondary N) is 2. The molecule has 3 N–H and O–H groups in total. The van der Waals surface area contributed by atoms with E-state index < -0.39 is 42.0 Å². The van der Waals surface area contributed by atoms with Crippen molar-refractivity contribution in [1.82, 2.24) is 20.5 Å². The molecule has 1 heterocycles. The van der Waals surface area contributed by atoms with Crippen molar-refractivity contribution in [3.8, 4) is 0 Å². The first kappa shape index (κ1) is 36.4. The van der Waals surface area contributed by atoms with Crippen LogP contribution in [-0.4, -0.2) is 70.3 Å². The summed E-state index contributed by atoms with van der Waals surface area (Å²) in [7, 11) is 1.67. The molecule has 242 valence electrons. The van der Waals surface area contributed by atoms with Gasteiger partial charge in [0.25, 0.3) is 5.91 Å². The van der Waals surface area contributed by atoms with Crippen molar-refractivity contribution < 1.29 is 33.8 Å². The Morgan fingerprint density at radius 2 is 1.75 bits per heavy atom. The maximum atomic E-state index is 13.5. The highest BCUT2D eigenvalue weighted by atomic mass is 32.1. The van der Waals surface area contributed by atoms with Crippen LogP contribution in [0, 0.1) is 17.8 Å². The Bertz CT molecular complexity index is 1250. The SMILES string of the molecule is CC[C@H](C)[C@H](NC=O)C(=O)N(C)C(CC(OC(C)=O)c1nc(C(=O)NC(Cc2ccccc2)CC(C)C(=O)O)cs1)C(C)C. The van der Waals surface area contributed by atoms with E-state index >= 15 is 0 Å². The smallest absolute Gasteiger partial charge is 0.306 e. The lowest BCUT2D eigenvalue weighted by atomic mass is 9.93. The molecule has 0 radical (unpaired) electrons. The number of nitrogens with zero attached hydrogens (tertiary/aromatic N) is 2. The number of aliphatic carboxylic acids is 1. The second-order valence-electron chi connectivity index (χ2n) is 11.6. The fraction of sp³-hybridized carbons (Fsp3) is 0.562. The van der Waals surface area contributed by atoms with E-state index in [1.807, 2.05) is 58.0 Å². The van der Waals surface area contributed by atoms with Gasteiger partial charge in [-0.15, -0.1) is 11.3 Å². The van der Waals surface area contributed by atoms with E-state index in [2.05, 4.69) is 15.6 Å². The molecule has 11 nitrogen and oxygen atoms in total. The largest absolute Gasteiger partial charge is 0.481 e. The molecule has 4 unspecified atom stereocenters. The number of rotatable bonds is 18. The van der Waals surface area contributed by atoms with Gasteiger partial charge in [0.05, 0.1) is 5.92 Å². The number of benzene rings is 1. The fourth-order valence-corrected chi connectivity index (χ4v) is 5.93. The molecule has 12 heteroatoms. The van der Waals surface area contributed by atoms with Crippen LogP contribution in [0.3, 0.4) is 0 Å². The van der Waals surface area contributed by atoms with Gasteiger partial charge in [-0.25, -0.2) is 4.98 Å². The zero-order valence-electron chi connectivity index (χ0n) is 26.6. The van der Waals surface area contributed by atoms with Crippen molar-refractivity contribution in [2.75, 3.05) is 7.05 Å². The van der Waals surface area contributed by atoms with Crippen molar-refractivity contribution >= 4 is 41.5 Å². The minimum Gasteiger partial charge on any atom is -0.481 e. The van der Waals surface area contributed by atoms with E-state index in [1.54, 1.807) is 24.3 Å². The molecule has 3 amide bonds. The lowest BCUT2D eigenvalue weighted by Crippen LogP contribution is -2.52. The summed E-state index contributed by atoms with van der Waals surface area (Å²) in [6.45, 7) is 10.6. The Morgan fingerprint density at radius 1 is 1.09 bits per heavy atom. The number of thiazole rings is 1. The van der Waals surface area contributed by atoms with Crippen molar-refractivity contribution in [3.63, 3.8) is 0 Å². The third-order valence-corrected chi connectivity index (χ3v) is 8.79. The van der Waals surface area contributed by atoms with E-state index in [1.165, 1.54) is 18.3 Å². The first-order valence-corrected chi connectivity index (χ1v) is 15.8. The minimum absolute atomic E-state index is 0.0338. The third-order valence-electron chi connectivity index (χ3n) is 7.85. The number of carbonyl (C=O) groups is 5. The molecule has 2 rings (SSSR count). The van der Waals surface area contributed by atoms with Gasteiger partial charge in [-0.3, -0.25) is 24.0 Å². The molecule has 0 spiro atoms. The van der Waals surface area contributed by atoms with Gasteiger partial charge in [0.1, 0.15) is 16.7 Å². The Balaban J connectivity index is 2.29. The van der Waals surface area contributed by atoms with E-state index in [-0.39, 0.29) is 42.3 Å². The number of carboxylic acids is 1. The standard InChI is InChI=1S/C32H46N4O7S/c1-8-20(4)28(33-18-37)31(40)36(7)26(19(2)3)16-27(43-22(6)38)30-35-25(17-44-30)29(39)34-24(14-21(5)32(41)42)15-23-12-10-9-11-13-23/h9-13,17-21,24,26-28H,8,14-16H2,1-7H3,(H,33,37)(H,34,39)(H,41,42)/t20-,21?,24?,26?,27?,28-/m0/s1. The highest BCUT2D eigenvalue weighted by molar-refractivity contribution is 7.09. The Morgan fingerprint density at radius 3 is 2.30 bits per heavy atom. The van der Waals surface area contributed by atoms with Gasteiger partial charge in [0, 0.05) is 37.9 Å². The van der Waals surface area contributed by atoms with Gasteiger partial charge in [0.15, 0.2) is 6.10 Å². The Kier molecular flexibility index (Phi) is 14.5. The Labute approximate surface area is 263 Å². The molecule has 0 fully saturated rings. The first-order valence-electron chi connectivity index (χ1n) is 14.9. The van der Waals surface area contributed by atoms with Crippen LogP contribution >= 0.6 is 11.3 Å². The summed E-state index contributed by atoms with van der Waals surface area (Å²) in [6.07, 6.45) is 1.31. The van der Waals surface area contributed by atoms with Gasteiger partial charge >= 0.3 is 11.9 Å². The van der Waals surface area contributed by atoms with E-state index in [9.17, 15) is 29.1 Å². The number of aromatic nitrogens is 1. The van der Waals surface area contributed by atoms with Gasteiger partial charge < -0.3 is 25.4 Å². The van der Waals surface area contributed by atoms with Gasteiger partial charge in [-0.05, 0) is 30.2 Å². The lowest BCUT2D eigenvalue weighted by molar-refractivity contribution is -0.149. The lowest BCUT2D eigenvalue weighted by Gasteiger charge is -2.36. The molecule has 0 aliphatic carbocycles. The zero-order chi connectivity index (χ0) is 33.0. The average Bonchev–Trinajstić information content (AvgIpc) is 3.47. The molecule has 0 saturated carbocycles. The summed E-state index contributed by atoms with van der Waals surface area (Å²) in [5, 5.41) is 17.0. The minimum atomic E-state index is -0.946. The van der Waals surface area contributed by atoms with E-state index in [0.717, 1.165) is 5.56 Å². The second kappa shape index (κ2) is 17.5. The zero-order valence-corrected chi connectivity index (χ0v) is 27.4. The number of carbonyl (C=O) groups excluding carboxylic acids is 4. The molecule has 44 heavy (non-hydrogen) atoms. The maximum Gasteiger partial charge on any atom is 0.306 e. The van der Waals surface area contributed by atoms with Crippen LogP contribution in [0.25, 0.3) is 0 Å². The van der Waals surface area contributed by atoms with Crippen LogP contribution in [0.15, 0.2) is 35.7 Å². The second-order valence-corrected chi connectivity index (χ2v) is 12.5. The summed E-state index contributed by atoms with van der Waals surface area (Å²) >= 11 is 1.17. The van der Waals surface area contributed by atoms with Crippen LogP contribution in [0.4, 0.5) is 0 Å². The van der Waals surface area contributed by atoms with E-state index in [4.69, 9.17) is 4.74 Å². The van der Waals surface area contributed by atoms with Crippen LogP contribution in [0.2, 0.25) is 0 Å². The number of hydrogen-bond acceptors (Lipinski definition) is 8. The molecular weight excluding hydrogens is 584 g/mol. The monoisotopic (exact) mass is 630 g/mol. The quantitative estimate of drug-likeness (QED) is 0.163. The summed E-state index contributed by atoms with van der Waals surface area (Å²) in [5.74, 6) is -2.97. The van der Waals surface area contributed by atoms with Gasteiger partial charge in [0.2, 0.25) is 12.3 Å². The van der Waals surface area contributed by atoms with E-state index in [0.29, 0.717) is 24.3 Å². The van der Waals surface area contributed by atoms with Crippen molar-refractivity contribution in [2.45, 2.75) is 91.5 Å². The number of hydrogen-bond donors (Lipinski definition) is 3. The van der Waals surface area contributed by atoms with Crippen molar-refractivity contribution in [3.05, 3.63) is 52.0 Å². The van der Waals surface area contributed by atoms with Crippen molar-refractivity contribution in [2.24, 2.45) is 17.8 Å². The Hall–Kier alpha value is -3.80. The number of likely N-dealkylation sites (N-methyl/N-ethyl adjacent to an activating group) is 1. The number of esters is 1. The normalized spacial score (nSPS) is 15.3. The van der Waals surface area contributed by atoms with Gasteiger partial charge in [-0.2, -0.15) is 0 Å². The van der Waals surface area contributed by atoms with Gasteiger partial charge in [-0.1, -0.05) is 71.4 Å². The molecular formula is C32H46N4O7S. The maximum absolute atomic E-state index is 13.5. The highest BCUT2D eigenvalue weighted by Gasteiger charge is 2.35. The number of amides is 3. The third kappa shape index (κ3) is 10.7. The number of ether oxygens (including phenoxy) is 1. The molecule has 0 bridgehead atoms. The molecule has 0 aliphatic rings. The molecule has 2 aromatic rings.